The predicted octanol–water partition coefficient (Wildman–Crippen LogP) is 3.77. The Hall–Kier alpha value is -2.86. The van der Waals surface area contributed by atoms with Crippen molar-refractivity contribution in [2.75, 3.05) is 13.3 Å². The average molecular weight is 352 g/mol. The summed E-state index contributed by atoms with van der Waals surface area (Å²) in [6.07, 6.45) is 0.753. The largest absolute Gasteiger partial charge is 0.454 e. The molecular formula is C20H17FN2O3. The van der Waals surface area contributed by atoms with Gasteiger partial charge in [0.25, 0.3) is 0 Å². The van der Waals surface area contributed by atoms with Crippen LogP contribution in [0, 0.1) is 5.82 Å². The standard InChI is InChI=1S/C20H17FN2O3/c21-16-6-2-1-5-14(16)19-15-11-23(9-8-17(15)26-22-19)10-13-4-3-7-18-20(13)25-12-24-18/h1-7H,8-12H2. The van der Waals surface area contributed by atoms with E-state index in [2.05, 4.69) is 16.1 Å². The molecule has 0 N–H and O–H groups in total. The molecule has 0 fully saturated rings. The zero-order valence-corrected chi connectivity index (χ0v) is 14.1. The van der Waals surface area contributed by atoms with Crippen LogP contribution in [0.25, 0.3) is 11.3 Å². The van der Waals surface area contributed by atoms with Gasteiger partial charge in [-0.15, -0.1) is 0 Å². The Balaban J connectivity index is 1.43. The van der Waals surface area contributed by atoms with Crippen LogP contribution in [0.3, 0.4) is 0 Å². The van der Waals surface area contributed by atoms with Crippen LogP contribution < -0.4 is 9.47 Å². The smallest absolute Gasteiger partial charge is 0.231 e. The summed E-state index contributed by atoms with van der Waals surface area (Å²) < 4.78 is 30.7. The van der Waals surface area contributed by atoms with Crippen LogP contribution in [0.2, 0.25) is 0 Å². The Morgan fingerprint density at radius 2 is 2.00 bits per heavy atom. The lowest BCUT2D eigenvalue weighted by molar-refractivity contribution is 0.171. The number of hydrogen-bond acceptors (Lipinski definition) is 5. The Labute approximate surface area is 149 Å². The highest BCUT2D eigenvalue weighted by Gasteiger charge is 2.27. The summed E-state index contributed by atoms with van der Waals surface area (Å²) in [5.41, 5.74) is 3.14. The summed E-state index contributed by atoms with van der Waals surface area (Å²) in [4.78, 5) is 2.29. The first kappa shape index (κ1) is 15.4. The van der Waals surface area contributed by atoms with Crippen molar-refractivity contribution in [3.8, 4) is 22.8 Å². The topological polar surface area (TPSA) is 47.7 Å². The molecule has 1 aromatic heterocycles. The molecular weight excluding hydrogens is 335 g/mol. The Morgan fingerprint density at radius 3 is 2.92 bits per heavy atom. The number of fused-ring (bicyclic) bond motifs is 2. The number of halogens is 1. The summed E-state index contributed by atoms with van der Waals surface area (Å²) in [5.74, 6) is 2.17. The highest BCUT2D eigenvalue weighted by Crippen LogP contribution is 2.37. The molecule has 2 aliphatic heterocycles. The Morgan fingerprint density at radius 1 is 1.08 bits per heavy atom. The van der Waals surface area contributed by atoms with E-state index in [0.717, 1.165) is 47.9 Å². The molecule has 2 aromatic carbocycles. The van der Waals surface area contributed by atoms with Crippen LogP contribution in [-0.4, -0.2) is 23.4 Å². The summed E-state index contributed by atoms with van der Waals surface area (Å²) >= 11 is 0. The molecule has 0 saturated heterocycles. The molecule has 0 radical (unpaired) electrons. The number of para-hydroxylation sites is 1. The highest BCUT2D eigenvalue weighted by atomic mass is 19.1. The predicted molar refractivity (Wildman–Crippen MR) is 92.3 cm³/mol. The van der Waals surface area contributed by atoms with Crippen LogP contribution >= 0.6 is 0 Å². The van der Waals surface area contributed by atoms with Gasteiger partial charge in [0.2, 0.25) is 6.79 Å². The van der Waals surface area contributed by atoms with E-state index in [1.165, 1.54) is 6.07 Å². The van der Waals surface area contributed by atoms with Crippen molar-refractivity contribution >= 4 is 0 Å². The SMILES string of the molecule is Fc1ccccc1-c1noc2c1CN(Cc1cccc3c1OCO3)CC2. The van der Waals surface area contributed by atoms with Crippen molar-refractivity contribution < 1.29 is 18.4 Å². The van der Waals surface area contributed by atoms with Crippen molar-refractivity contribution in [3.63, 3.8) is 0 Å². The molecule has 0 aliphatic carbocycles. The first-order chi connectivity index (χ1) is 12.8. The highest BCUT2D eigenvalue weighted by molar-refractivity contribution is 5.64. The van der Waals surface area contributed by atoms with E-state index < -0.39 is 0 Å². The Kier molecular flexibility index (Phi) is 3.64. The van der Waals surface area contributed by atoms with Crippen LogP contribution in [-0.2, 0) is 19.5 Å². The molecule has 26 heavy (non-hydrogen) atoms. The van der Waals surface area contributed by atoms with Gasteiger partial charge in [-0.05, 0) is 18.2 Å². The van der Waals surface area contributed by atoms with E-state index in [0.29, 0.717) is 17.8 Å². The maximum Gasteiger partial charge on any atom is 0.231 e. The zero-order chi connectivity index (χ0) is 17.5. The quantitative estimate of drug-likeness (QED) is 0.718. The molecule has 3 heterocycles. The van der Waals surface area contributed by atoms with Gasteiger partial charge in [-0.2, -0.15) is 0 Å². The molecule has 2 aliphatic rings. The van der Waals surface area contributed by atoms with E-state index in [4.69, 9.17) is 14.0 Å². The number of ether oxygens (including phenoxy) is 2. The van der Waals surface area contributed by atoms with E-state index >= 15 is 0 Å². The van der Waals surface area contributed by atoms with Crippen molar-refractivity contribution in [1.29, 1.82) is 0 Å². The normalized spacial score (nSPS) is 15.9. The van der Waals surface area contributed by atoms with Gasteiger partial charge in [0.05, 0.1) is 0 Å². The maximum atomic E-state index is 14.2. The number of hydrogen-bond donors (Lipinski definition) is 0. The van der Waals surface area contributed by atoms with Crippen molar-refractivity contribution in [2.45, 2.75) is 19.5 Å². The first-order valence-corrected chi connectivity index (χ1v) is 8.62. The summed E-state index contributed by atoms with van der Waals surface area (Å²) in [6, 6.07) is 12.6. The number of aromatic nitrogens is 1. The monoisotopic (exact) mass is 352 g/mol. The number of benzene rings is 2. The molecule has 3 aromatic rings. The van der Waals surface area contributed by atoms with E-state index in [1.807, 2.05) is 18.2 Å². The van der Waals surface area contributed by atoms with E-state index in [9.17, 15) is 4.39 Å². The second-order valence-corrected chi connectivity index (χ2v) is 6.52. The van der Waals surface area contributed by atoms with Gasteiger partial charge in [-0.1, -0.05) is 29.4 Å². The van der Waals surface area contributed by atoms with E-state index in [-0.39, 0.29) is 12.6 Å². The van der Waals surface area contributed by atoms with Crippen LogP contribution in [0.4, 0.5) is 4.39 Å². The maximum absolute atomic E-state index is 14.2. The second-order valence-electron chi connectivity index (χ2n) is 6.52. The van der Waals surface area contributed by atoms with Gasteiger partial charge < -0.3 is 14.0 Å². The number of nitrogens with zero attached hydrogens (tertiary/aromatic N) is 2. The second kappa shape index (κ2) is 6.14. The minimum absolute atomic E-state index is 0.263. The van der Waals surface area contributed by atoms with Gasteiger partial charge in [0.15, 0.2) is 11.5 Å². The summed E-state index contributed by atoms with van der Waals surface area (Å²) in [7, 11) is 0. The molecule has 6 heteroatoms. The van der Waals surface area contributed by atoms with Gasteiger partial charge in [-0.25, -0.2) is 4.39 Å². The molecule has 0 bridgehead atoms. The Bertz CT molecular complexity index is 969. The van der Waals surface area contributed by atoms with Gasteiger partial charge in [0, 0.05) is 42.7 Å². The lowest BCUT2D eigenvalue weighted by Gasteiger charge is -2.26. The van der Waals surface area contributed by atoms with Gasteiger partial charge in [0.1, 0.15) is 17.3 Å². The summed E-state index contributed by atoms with van der Waals surface area (Å²) in [6.45, 7) is 2.50. The third-order valence-corrected chi connectivity index (χ3v) is 4.91. The van der Waals surface area contributed by atoms with Crippen molar-refractivity contribution in [2.24, 2.45) is 0 Å². The fraction of sp³-hybridized carbons (Fsp3) is 0.250. The molecule has 0 spiro atoms. The molecule has 0 amide bonds. The lowest BCUT2D eigenvalue weighted by Crippen LogP contribution is -2.29. The lowest BCUT2D eigenvalue weighted by atomic mass is 10.0. The minimum Gasteiger partial charge on any atom is -0.454 e. The first-order valence-electron chi connectivity index (χ1n) is 8.62. The molecule has 0 atom stereocenters. The summed E-state index contributed by atoms with van der Waals surface area (Å²) in [5, 5.41) is 4.14. The van der Waals surface area contributed by atoms with Gasteiger partial charge >= 0.3 is 0 Å². The fourth-order valence-corrected chi connectivity index (χ4v) is 3.62. The molecule has 0 unspecified atom stereocenters. The van der Waals surface area contributed by atoms with Crippen molar-refractivity contribution in [1.82, 2.24) is 10.1 Å². The average Bonchev–Trinajstić information content (AvgIpc) is 3.29. The third-order valence-electron chi connectivity index (χ3n) is 4.91. The van der Waals surface area contributed by atoms with Gasteiger partial charge in [-0.3, -0.25) is 4.90 Å². The zero-order valence-electron chi connectivity index (χ0n) is 14.1. The third kappa shape index (κ3) is 2.54. The molecule has 5 rings (SSSR count). The van der Waals surface area contributed by atoms with Crippen molar-refractivity contribution in [3.05, 3.63) is 65.2 Å². The molecule has 5 nitrogen and oxygen atoms in total. The van der Waals surface area contributed by atoms with Crippen LogP contribution in [0.1, 0.15) is 16.9 Å². The minimum atomic E-state index is -0.285. The fourth-order valence-electron chi connectivity index (χ4n) is 3.62. The molecule has 0 saturated carbocycles. The van der Waals surface area contributed by atoms with E-state index in [1.54, 1.807) is 12.1 Å². The molecule has 132 valence electrons. The number of rotatable bonds is 3. The van der Waals surface area contributed by atoms with Crippen LogP contribution in [0.15, 0.2) is 47.0 Å². The van der Waals surface area contributed by atoms with Crippen LogP contribution in [0.5, 0.6) is 11.5 Å².